The lowest BCUT2D eigenvalue weighted by Gasteiger charge is -2.20. The Labute approximate surface area is 104 Å². The summed E-state index contributed by atoms with van der Waals surface area (Å²) in [5.41, 5.74) is 8.08. The van der Waals surface area contributed by atoms with Gasteiger partial charge < -0.3 is 16.2 Å². The molecular weight excluding hydrogens is 212 g/mol. The van der Waals surface area contributed by atoms with Crippen molar-refractivity contribution in [3.8, 4) is 0 Å². The van der Waals surface area contributed by atoms with Crippen molar-refractivity contribution in [2.45, 2.75) is 38.8 Å². The Bertz CT molecular complexity index is 344. The van der Waals surface area contributed by atoms with Crippen LogP contribution < -0.4 is 11.1 Å². The molecule has 0 amide bonds. The summed E-state index contributed by atoms with van der Waals surface area (Å²) in [5.74, 6) is 0. The molecule has 96 valence electrons. The second-order valence-electron chi connectivity index (χ2n) is 5.47. The van der Waals surface area contributed by atoms with Crippen LogP contribution in [0.15, 0.2) is 24.3 Å². The maximum absolute atomic E-state index is 9.33. The lowest BCUT2D eigenvalue weighted by Crippen LogP contribution is -2.32. The number of nitrogens with one attached hydrogen (secondary N) is 1. The van der Waals surface area contributed by atoms with E-state index in [4.69, 9.17) is 5.73 Å². The summed E-state index contributed by atoms with van der Waals surface area (Å²) in [6, 6.07) is 8.54. The van der Waals surface area contributed by atoms with E-state index < -0.39 is 6.10 Å². The van der Waals surface area contributed by atoms with Crippen molar-refractivity contribution in [3.05, 3.63) is 35.4 Å². The molecule has 1 aromatic carbocycles. The van der Waals surface area contributed by atoms with Gasteiger partial charge in [-0.05, 0) is 16.5 Å². The fraction of sp³-hybridized carbons (Fsp3) is 0.571. The van der Waals surface area contributed by atoms with Crippen molar-refractivity contribution in [1.29, 1.82) is 0 Å². The van der Waals surface area contributed by atoms with Gasteiger partial charge in [0.1, 0.15) is 0 Å². The lowest BCUT2D eigenvalue weighted by molar-refractivity contribution is 0.179. The topological polar surface area (TPSA) is 58.3 Å². The normalized spacial score (nSPS) is 13.7. The number of aliphatic hydroxyl groups excluding tert-OH is 1. The standard InChI is InChI=1S/C14H24N2O/c1-14(2,3)12-6-4-5-11(7-12)9-16-10-13(17)8-15/h4-7,13,16-17H,8-10,15H2,1-3H3/t13-/m0/s1. The molecule has 0 aliphatic carbocycles. The van der Waals surface area contributed by atoms with Crippen LogP contribution in [0.2, 0.25) is 0 Å². The zero-order valence-corrected chi connectivity index (χ0v) is 11.0. The van der Waals surface area contributed by atoms with Gasteiger partial charge in [-0.25, -0.2) is 0 Å². The van der Waals surface area contributed by atoms with Gasteiger partial charge in [-0.3, -0.25) is 0 Å². The van der Waals surface area contributed by atoms with E-state index >= 15 is 0 Å². The van der Waals surface area contributed by atoms with Gasteiger partial charge in [-0.15, -0.1) is 0 Å². The van der Waals surface area contributed by atoms with Crippen molar-refractivity contribution in [1.82, 2.24) is 5.32 Å². The molecule has 0 spiro atoms. The van der Waals surface area contributed by atoms with Crippen LogP contribution in [0.25, 0.3) is 0 Å². The monoisotopic (exact) mass is 236 g/mol. The molecule has 0 radical (unpaired) electrons. The molecule has 3 nitrogen and oxygen atoms in total. The van der Waals surface area contributed by atoms with E-state index in [0.29, 0.717) is 13.1 Å². The molecule has 0 saturated carbocycles. The minimum absolute atomic E-state index is 0.173. The SMILES string of the molecule is CC(C)(C)c1cccc(CNC[C@@H](O)CN)c1. The van der Waals surface area contributed by atoms with Crippen LogP contribution >= 0.6 is 0 Å². The Morgan fingerprint density at radius 1 is 1.35 bits per heavy atom. The molecule has 0 fully saturated rings. The van der Waals surface area contributed by atoms with E-state index in [9.17, 15) is 5.11 Å². The molecule has 17 heavy (non-hydrogen) atoms. The summed E-state index contributed by atoms with van der Waals surface area (Å²) in [6.45, 7) is 8.22. The highest BCUT2D eigenvalue weighted by molar-refractivity contribution is 5.28. The van der Waals surface area contributed by atoms with Crippen molar-refractivity contribution < 1.29 is 5.11 Å². The first-order chi connectivity index (χ1) is 7.93. The van der Waals surface area contributed by atoms with Gasteiger partial charge in [0.25, 0.3) is 0 Å². The minimum atomic E-state index is -0.458. The first-order valence-electron chi connectivity index (χ1n) is 6.11. The zero-order chi connectivity index (χ0) is 12.9. The van der Waals surface area contributed by atoms with Gasteiger partial charge >= 0.3 is 0 Å². The fourth-order valence-corrected chi connectivity index (χ4v) is 1.61. The van der Waals surface area contributed by atoms with Gasteiger partial charge in [0.2, 0.25) is 0 Å². The smallest absolute Gasteiger partial charge is 0.0786 e. The van der Waals surface area contributed by atoms with E-state index in [1.165, 1.54) is 11.1 Å². The summed E-state index contributed by atoms with van der Waals surface area (Å²) < 4.78 is 0. The Morgan fingerprint density at radius 2 is 2.06 bits per heavy atom. The van der Waals surface area contributed by atoms with Crippen LogP contribution in [0.3, 0.4) is 0 Å². The molecule has 4 N–H and O–H groups in total. The van der Waals surface area contributed by atoms with Crippen molar-refractivity contribution in [2.75, 3.05) is 13.1 Å². The Hall–Kier alpha value is -0.900. The molecular formula is C14H24N2O. The first-order valence-corrected chi connectivity index (χ1v) is 6.11. The molecule has 1 rings (SSSR count). The molecule has 0 saturated heterocycles. The van der Waals surface area contributed by atoms with Crippen molar-refractivity contribution >= 4 is 0 Å². The van der Waals surface area contributed by atoms with Crippen LogP contribution in [-0.4, -0.2) is 24.3 Å². The van der Waals surface area contributed by atoms with E-state index in [1.807, 2.05) is 0 Å². The third kappa shape index (κ3) is 4.86. The number of hydrogen-bond acceptors (Lipinski definition) is 3. The highest BCUT2D eigenvalue weighted by Crippen LogP contribution is 2.22. The summed E-state index contributed by atoms with van der Waals surface area (Å²) >= 11 is 0. The molecule has 1 aromatic rings. The van der Waals surface area contributed by atoms with Gasteiger partial charge in [-0.1, -0.05) is 45.0 Å². The summed E-state index contributed by atoms with van der Waals surface area (Å²) in [5, 5.41) is 12.5. The molecule has 0 aliphatic heterocycles. The minimum Gasteiger partial charge on any atom is -0.390 e. The second kappa shape index (κ2) is 6.15. The van der Waals surface area contributed by atoms with E-state index in [1.54, 1.807) is 0 Å². The maximum atomic E-state index is 9.33. The van der Waals surface area contributed by atoms with Crippen molar-refractivity contribution in [2.24, 2.45) is 5.73 Å². The molecule has 0 heterocycles. The molecule has 0 aliphatic rings. The number of aliphatic hydroxyl groups is 1. The van der Waals surface area contributed by atoms with Crippen LogP contribution in [0.4, 0.5) is 0 Å². The quantitative estimate of drug-likeness (QED) is 0.724. The van der Waals surface area contributed by atoms with Gasteiger partial charge in [0, 0.05) is 19.6 Å². The highest BCUT2D eigenvalue weighted by Gasteiger charge is 2.13. The van der Waals surface area contributed by atoms with Crippen molar-refractivity contribution in [3.63, 3.8) is 0 Å². The van der Waals surface area contributed by atoms with Gasteiger partial charge in [0.05, 0.1) is 6.10 Å². The Kier molecular flexibility index (Phi) is 5.12. The van der Waals surface area contributed by atoms with E-state index in [-0.39, 0.29) is 5.41 Å². The predicted molar refractivity (Wildman–Crippen MR) is 71.9 cm³/mol. The number of benzene rings is 1. The molecule has 1 atom stereocenters. The van der Waals surface area contributed by atoms with Crippen LogP contribution in [0.1, 0.15) is 31.9 Å². The highest BCUT2D eigenvalue weighted by atomic mass is 16.3. The third-order valence-corrected chi connectivity index (χ3v) is 2.77. The summed E-state index contributed by atoms with van der Waals surface area (Å²) in [7, 11) is 0. The number of hydrogen-bond donors (Lipinski definition) is 3. The van der Waals surface area contributed by atoms with E-state index in [2.05, 4.69) is 50.4 Å². The largest absolute Gasteiger partial charge is 0.390 e. The average Bonchev–Trinajstić information content (AvgIpc) is 2.28. The summed E-state index contributed by atoms with van der Waals surface area (Å²) in [6.07, 6.45) is -0.458. The zero-order valence-electron chi connectivity index (χ0n) is 11.0. The average molecular weight is 236 g/mol. The van der Waals surface area contributed by atoms with Gasteiger partial charge in [-0.2, -0.15) is 0 Å². The molecule has 0 bridgehead atoms. The third-order valence-electron chi connectivity index (χ3n) is 2.77. The first kappa shape index (κ1) is 14.2. The molecule has 3 heteroatoms. The van der Waals surface area contributed by atoms with Crippen LogP contribution in [0, 0.1) is 0 Å². The Balaban J connectivity index is 2.55. The fourth-order valence-electron chi connectivity index (χ4n) is 1.61. The maximum Gasteiger partial charge on any atom is 0.0786 e. The predicted octanol–water partition coefficient (Wildman–Crippen LogP) is 1.39. The lowest BCUT2D eigenvalue weighted by atomic mass is 9.86. The molecule has 0 aromatic heterocycles. The van der Waals surface area contributed by atoms with Gasteiger partial charge in [0.15, 0.2) is 0 Å². The Morgan fingerprint density at radius 3 is 2.65 bits per heavy atom. The molecule has 0 unspecified atom stereocenters. The van der Waals surface area contributed by atoms with Crippen LogP contribution in [-0.2, 0) is 12.0 Å². The number of rotatable bonds is 5. The summed E-state index contributed by atoms with van der Waals surface area (Å²) in [4.78, 5) is 0. The van der Waals surface area contributed by atoms with Crippen LogP contribution in [0.5, 0.6) is 0 Å². The second-order valence-corrected chi connectivity index (χ2v) is 5.47. The van der Waals surface area contributed by atoms with E-state index in [0.717, 1.165) is 6.54 Å². The number of nitrogens with two attached hydrogens (primary N) is 1.